The maximum Gasteiger partial charge on any atom is 0.239 e. The van der Waals surface area contributed by atoms with Crippen molar-refractivity contribution >= 4 is 5.90 Å². The van der Waals surface area contributed by atoms with E-state index < -0.39 is 0 Å². The Balaban J connectivity index is 2.54. The third-order valence-electron chi connectivity index (χ3n) is 2.12. The van der Waals surface area contributed by atoms with Crippen LogP contribution in [0.2, 0.25) is 0 Å². The zero-order chi connectivity index (χ0) is 9.68. The summed E-state index contributed by atoms with van der Waals surface area (Å²) in [7, 11) is 1.54. The highest BCUT2D eigenvalue weighted by molar-refractivity contribution is 5.77. The van der Waals surface area contributed by atoms with Gasteiger partial charge in [0, 0.05) is 12.6 Å². The Kier molecular flexibility index (Phi) is 4.02. The highest BCUT2D eigenvalue weighted by Crippen LogP contribution is 2.05. The maximum absolute atomic E-state index is 5.41. The van der Waals surface area contributed by atoms with E-state index in [0.717, 1.165) is 26.1 Å². The highest BCUT2D eigenvalue weighted by Gasteiger charge is 2.17. The molecule has 4 heteroatoms. The summed E-state index contributed by atoms with van der Waals surface area (Å²) in [6.45, 7) is 6.92. The Labute approximate surface area is 79.5 Å². The van der Waals surface area contributed by atoms with Crippen LogP contribution in [0.15, 0.2) is 5.16 Å². The quantitative estimate of drug-likeness (QED) is 0.605. The van der Waals surface area contributed by atoms with Crippen LogP contribution in [0.5, 0.6) is 0 Å². The van der Waals surface area contributed by atoms with Crippen molar-refractivity contribution in [3.8, 4) is 0 Å². The van der Waals surface area contributed by atoms with Gasteiger partial charge >= 0.3 is 0 Å². The van der Waals surface area contributed by atoms with Crippen molar-refractivity contribution in [2.24, 2.45) is 5.16 Å². The zero-order valence-corrected chi connectivity index (χ0v) is 8.62. The van der Waals surface area contributed by atoms with E-state index in [1.54, 1.807) is 7.11 Å². The van der Waals surface area contributed by atoms with Crippen molar-refractivity contribution in [2.45, 2.75) is 26.3 Å². The van der Waals surface area contributed by atoms with E-state index in [-0.39, 0.29) is 0 Å². The average Bonchev–Trinajstić information content (AvgIpc) is 2.30. The molecule has 1 saturated heterocycles. The zero-order valence-electron chi connectivity index (χ0n) is 8.62. The van der Waals surface area contributed by atoms with Crippen LogP contribution in [0.1, 0.15) is 20.3 Å². The van der Waals surface area contributed by atoms with Gasteiger partial charge in [0.05, 0.1) is 13.2 Å². The Morgan fingerprint density at radius 3 is 2.92 bits per heavy atom. The predicted octanol–water partition coefficient (Wildman–Crippen LogP) is 1.08. The van der Waals surface area contributed by atoms with E-state index in [9.17, 15) is 0 Å². The smallest absolute Gasteiger partial charge is 0.239 e. The molecular formula is C9H18N2O2. The van der Waals surface area contributed by atoms with Gasteiger partial charge in [-0.15, -0.1) is 0 Å². The number of nitrogens with zero attached hydrogens (tertiary/aromatic N) is 2. The van der Waals surface area contributed by atoms with Crippen LogP contribution in [-0.4, -0.2) is 43.6 Å². The molecule has 1 fully saturated rings. The van der Waals surface area contributed by atoms with Gasteiger partial charge in [-0.05, 0) is 20.3 Å². The molecule has 0 radical (unpaired) electrons. The molecule has 1 aliphatic heterocycles. The van der Waals surface area contributed by atoms with Crippen molar-refractivity contribution in [3.63, 3.8) is 0 Å². The molecule has 0 saturated carbocycles. The summed E-state index contributed by atoms with van der Waals surface area (Å²) < 4.78 is 5.41. The van der Waals surface area contributed by atoms with Gasteiger partial charge in [-0.3, -0.25) is 4.90 Å². The summed E-state index contributed by atoms with van der Waals surface area (Å²) in [5.74, 6) is 0.689. The number of hydrogen-bond donors (Lipinski definition) is 0. The van der Waals surface area contributed by atoms with Crippen molar-refractivity contribution in [2.75, 3.05) is 26.8 Å². The van der Waals surface area contributed by atoms with E-state index in [2.05, 4.69) is 23.9 Å². The topological polar surface area (TPSA) is 34.1 Å². The minimum Gasteiger partial charge on any atom is -0.478 e. The summed E-state index contributed by atoms with van der Waals surface area (Å²) in [5, 5.41) is 3.83. The van der Waals surface area contributed by atoms with Crippen molar-refractivity contribution in [3.05, 3.63) is 0 Å². The molecule has 4 nitrogen and oxygen atoms in total. The monoisotopic (exact) mass is 186 g/mol. The lowest BCUT2D eigenvalue weighted by Gasteiger charge is -2.22. The molecule has 76 valence electrons. The van der Waals surface area contributed by atoms with Crippen LogP contribution in [0.4, 0.5) is 0 Å². The summed E-state index contributed by atoms with van der Waals surface area (Å²) in [5.41, 5.74) is 0. The van der Waals surface area contributed by atoms with Crippen molar-refractivity contribution < 1.29 is 9.57 Å². The van der Waals surface area contributed by atoms with Crippen LogP contribution in [0.25, 0.3) is 0 Å². The summed E-state index contributed by atoms with van der Waals surface area (Å²) >= 11 is 0. The summed E-state index contributed by atoms with van der Waals surface area (Å²) in [6.07, 6.45) is 1.06. The fraction of sp³-hybridized carbons (Fsp3) is 0.889. The molecule has 0 spiro atoms. The third-order valence-corrected chi connectivity index (χ3v) is 2.12. The maximum atomic E-state index is 5.41. The Morgan fingerprint density at radius 1 is 1.54 bits per heavy atom. The average molecular weight is 186 g/mol. The fourth-order valence-corrected chi connectivity index (χ4v) is 1.35. The van der Waals surface area contributed by atoms with Gasteiger partial charge in [-0.2, -0.15) is 0 Å². The second-order valence-corrected chi connectivity index (χ2v) is 3.43. The molecule has 0 amide bonds. The molecular weight excluding hydrogens is 168 g/mol. The molecule has 1 aliphatic rings. The van der Waals surface area contributed by atoms with Gasteiger partial charge in [-0.25, -0.2) is 0 Å². The first kappa shape index (κ1) is 10.3. The predicted molar refractivity (Wildman–Crippen MR) is 51.7 cm³/mol. The second kappa shape index (κ2) is 5.07. The Hall–Kier alpha value is -0.770. The molecule has 0 aromatic rings. The normalized spacial score (nSPS) is 22.9. The minimum absolute atomic E-state index is 0.531. The molecule has 13 heavy (non-hydrogen) atoms. The molecule has 0 bridgehead atoms. The molecule has 0 aliphatic carbocycles. The van der Waals surface area contributed by atoms with Gasteiger partial charge in [0.25, 0.3) is 0 Å². The highest BCUT2D eigenvalue weighted by atomic mass is 16.6. The number of ether oxygens (including phenoxy) is 1. The van der Waals surface area contributed by atoms with Crippen LogP contribution < -0.4 is 0 Å². The van der Waals surface area contributed by atoms with Crippen LogP contribution in [0.3, 0.4) is 0 Å². The molecule has 0 aromatic carbocycles. The summed E-state index contributed by atoms with van der Waals surface area (Å²) in [6, 6.07) is 0.531. The largest absolute Gasteiger partial charge is 0.478 e. The minimum atomic E-state index is 0.531. The molecule has 1 heterocycles. The molecule has 0 atom stereocenters. The Morgan fingerprint density at radius 2 is 2.31 bits per heavy atom. The van der Waals surface area contributed by atoms with E-state index in [4.69, 9.17) is 9.57 Å². The van der Waals surface area contributed by atoms with Crippen LogP contribution >= 0.6 is 0 Å². The van der Waals surface area contributed by atoms with Gasteiger partial charge in [0.15, 0.2) is 0 Å². The first-order valence-corrected chi connectivity index (χ1v) is 4.71. The lowest BCUT2D eigenvalue weighted by atomic mass is 10.3. The first-order valence-electron chi connectivity index (χ1n) is 4.71. The van der Waals surface area contributed by atoms with Crippen molar-refractivity contribution in [1.82, 2.24) is 4.90 Å². The van der Waals surface area contributed by atoms with Gasteiger partial charge < -0.3 is 9.57 Å². The molecule has 1 rings (SSSR count). The van der Waals surface area contributed by atoms with E-state index in [0.29, 0.717) is 11.9 Å². The molecule has 0 aromatic heterocycles. The van der Waals surface area contributed by atoms with E-state index >= 15 is 0 Å². The SMILES string of the molecule is CO/N=C1\CN(C(C)C)CCCO1. The van der Waals surface area contributed by atoms with Crippen LogP contribution in [-0.2, 0) is 9.57 Å². The van der Waals surface area contributed by atoms with Gasteiger partial charge in [-0.1, -0.05) is 5.16 Å². The molecule has 0 N–H and O–H groups in total. The summed E-state index contributed by atoms with van der Waals surface area (Å²) in [4.78, 5) is 7.03. The number of oxime groups is 1. The molecule has 0 unspecified atom stereocenters. The number of rotatable bonds is 2. The fourth-order valence-electron chi connectivity index (χ4n) is 1.35. The van der Waals surface area contributed by atoms with E-state index in [1.807, 2.05) is 0 Å². The standard InChI is InChI=1S/C9H18N2O2/c1-8(2)11-5-4-6-13-9(7-11)10-12-3/h8H,4-7H2,1-3H3/b10-9+. The first-order chi connectivity index (χ1) is 6.24. The van der Waals surface area contributed by atoms with Crippen molar-refractivity contribution in [1.29, 1.82) is 0 Å². The Bertz CT molecular complexity index is 180. The lowest BCUT2D eigenvalue weighted by Crippen LogP contribution is -2.35. The van der Waals surface area contributed by atoms with Crippen LogP contribution in [0, 0.1) is 0 Å². The number of hydrogen-bond acceptors (Lipinski definition) is 4. The van der Waals surface area contributed by atoms with Gasteiger partial charge in [0.1, 0.15) is 7.11 Å². The van der Waals surface area contributed by atoms with E-state index in [1.165, 1.54) is 0 Å². The second-order valence-electron chi connectivity index (χ2n) is 3.43. The third kappa shape index (κ3) is 3.22. The van der Waals surface area contributed by atoms with Gasteiger partial charge in [0.2, 0.25) is 5.90 Å². The lowest BCUT2D eigenvalue weighted by molar-refractivity contribution is 0.188.